The van der Waals surface area contributed by atoms with E-state index in [4.69, 9.17) is 0 Å². The predicted molar refractivity (Wildman–Crippen MR) is 91.3 cm³/mol. The highest BCUT2D eigenvalue weighted by molar-refractivity contribution is 9.10. The molecule has 0 aromatic carbocycles. The van der Waals surface area contributed by atoms with Crippen LogP contribution in [0.5, 0.6) is 0 Å². The zero-order valence-corrected chi connectivity index (χ0v) is 15.3. The first-order valence-corrected chi connectivity index (χ1v) is 8.86. The van der Waals surface area contributed by atoms with Crippen molar-refractivity contribution in [1.82, 2.24) is 19.5 Å². The van der Waals surface area contributed by atoms with E-state index >= 15 is 0 Å². The molecule has 3 heterocycles. The van der Waals surface area contributed by atoms with Crippen LogP contribution in [-0.4, -0.2) is 38.0 Å². The van der Waals surface area contributed by atoms with Crippen LogP contribution in [0.1, 0.15) is 50.4 Å². The van der Waals surface area contributed by atoms with E-state index in [1.54, 1.807) is 16.9 Å². The van der Waals surface area contributed by atoms with Crippen molar-refractivity contribution in [2.45, 2.75) is 46.1 Å². The molecule has 1 saturated carbocycles. The van der Waals surface area contributed by atoms with Crippen molar-refractivity contribution in [3.05, 3.63) is 28.6 Å². The van der Waals surface area contributed by atoms with Gasteiger partial charge in [0, 0.05) is 25.0 Å². The lowest BCUT2D eigenvalue weighted by molar-refractivity contribution is 0.0710. The number of likely N-dealkylation sites (tertiary alicyclic amines) is 1. The van der Waals surface area contributed by atoms with Crippen LogP contribution in [0.25, 0.3) is 5.65 Å². The lowest BCUT2D eigenvalue weighted by Crippen LogP contribution is -2.37. The van der Waals surface area contributed by atoms with Gasteiger partial charge in [0.25, 0.3) is 5.91 Å². The number of nitrogens with zero attached hydrogens (tertiary/aromatic N) is 4. The molecule has 2 aromatic heterocycles. The molecule has 5 nitrogen and oxygen atoms in total. The first-order valence-electron chi connectivity index (χ1n) is 8.06. The lowest BCUT2D eigenvalue weighted by Gasteiger charge is -2.39. The molecule has 122 valence electrons. The zero-order valence-electron chi connectivity index (χ0n) is 13.7. The monoisotopic (exact) mass is 376 g/mol. The molecule has 0 unspecified atom stereocenters. The molecule has 2 aromatic rings. The molecule has 23 heavy (non-hydrogen) atoms. The maximum atomic E-state index is 13.1. The Bertz CT molecular complexity index is 799. The fourth-order valence-corrected chi connectivity index (χ4v) is 5.15. The molecule has 0 radical (unpaired) electrons. The predicted octanol–water partition coefficient (Wildman–Crippen LogP) is 3.53. The second kappa shape index (κ2) is 4.79. The summed E-state index contributed by atoms with van der Waals surface area (Å²) in [5.41, 5.74) is 1.77. The molecule has 1 aliphatic heterocycles. The number of hydrogen-bond acceptors (Lipinski definition) is 3. The number of aromatic nitrogens is 3. The average Bonchev–Trinajstić information content (AvgIpc) is 2.95. The molecule has 2 bridgehead atoms. The van der Waals surface area contributed by atoms with Crippen LogP contribution >= 0.6 is 15.9 Å². The van der Waals surface area contributed by atoms with E-state index in [-0.39, 0.29) is 11.3 Å². The molecule has 6 heteroatoms. The summed E-state index contributed by atoms with van der Waals surface area (Å²) < 4.78 is 2.50. The first-order chi connectivity index (χ1) is 10.8. The highest BCUT2D eigenvalue weighted by Gasteiger charge is 2.51. The average molecular weight is 377 g/mol. The van der Waals surface area contributed by atoms with Gasteiger partial charge in [0.05, 0.1) is 10.7 Å². The topological polar surface area (TPSA) is 50.5 Å². The number of carbonyl (C=O) groups excluding carboxylic acids is 1. The first kappa shape index (κ1) is 15.1. The summed E-state index contributed by atoms with van der Waals surface area (Å²) in [6.45, 7) is 7.80. The molecule has 2 aliphatic rings. The Morgan fingerprint density at radius 1 is 1.30 bits per heavy atom. The summed E-state index contributed by atoms with van der Waals surface area (Å²) in [6.07, 6.45) is 8.55. The normalized spacial score (nSPS) is 29.2. The van der Waals surface area contributed by atoms with E-state index in [0.29, 0.717) is 22.7 Å². The van der Waals surface area contributed by atoms with Gasteiger partial charge in [0.15, 0.2) is 5.65 Å². The molecule has 1 aliphatic carbocycles. The van der Waals surface area contributed by atoms with Crippen molar-refractivity contribution < 1.29 is 4.79 Å². The van der Waals surface area contributed by atoms with Gasteiger partial charge >= 0.3 is 0 Å². The van der Waals surface area contributed by atoms with Gasteiger partial charge in [0.1, 0.15) is 5.56 Å². The Morgan fingerprint density at radius 3 is 2.87 bits per heavy atom. The summed E-state index contributed by atoms with van der Waals surface area (Å²) in [4.78, 5) is 19.6. The van der Waals surface area contributed by atoms with Crippen molar-refractivity contribution in [3.63, 3.8) is 0 Å². The van der Waals surface area contributed by atoms with Gasteiger partial charge in [-0.1, -0.05) is 20.8 Å². The molecule has 2 fully saturated rings. The van der Waals surface area contributed by atoms with Gasteiger partial charge in [-0.3, -0.25) is 4.79 Å². The van der Waals surface area contributed by atoms with Gasteiger partial charge in [-0.15, -0.1) is 0 Å². The number of fused-ring (bicyclic) bond motifs is 3. The van der Waals surface area contributed by atoms with Gasteiger partial charge in [-0.2, -0.15) is 5.10 Å². The molecule has 2 atom stereocenters. The Hall–Kier alpha value is -1.43. The van der Waals surface area contributed by atoms with Crippen LogP contribution in [0.15, 0.2) is 23.1 Å². The standard InChI is InChI=1S/C17H21BrN4O/c1-16(2)4-12-5-17(3,9-16)10-21(12)15(23)13-7-20-22-8-11(18)6-19-14(13)22/h6-8,12H,4-5,9-10H2,1-3H3/t12-,17-/m1/s1. The fraction of sp³-hybridized carbons (Fsp3) is 0.588. The van der Waals surface area contributed by atoms with E-state index in [2.05, 4.69) is 51.7 Å². The third-order valence-corrected chi connectivity index (χ3v) is 5.64. The van der Waals surface area contributed by atoms with Crippen molar-refractivity contribution in [1.29, 1.82) is 0 Å². The Labute approximate surface area is 144 Å². The number of amides is 1. The van der Waals surface area contributed by atoms with Gasteiger partial charge < -0.3 is 4.90 Å². The molecular formula is C17H21BrN4O. The maximum absolute atomic E-state index is 13.1. The Morgan fingerprint density at radius 2 is 2.09 bits per heavy atom. The number of halogens is 1. The summed E-state index contributed by atoms with van der Waals surface area (Å²) in [6, 6.07) is 0.335. The number of hydrogen-bond donors (Lipinski definition) is 0. The van der Waals surface area contributed by atoms with E-state index in [1.165, 1.54) is 6.42 Å². The molecule has 0 N–H and O–H groups in total. The minimum atomic E-state index is 0.0706. The quantitative estimate of drug-likeness (QED) is 0.764. The van der Waals surface area contributed by atoms with Crippen LogP contribution < -0.4 is 0 Å². The van der Waals surface area contributed by atoms with Crippen molar-refractivity contribution in [3.8, 4) is 0 Å². The maximum Gasteiger partial charge on any atom is 0.259 e. The van der Waals surface area contributed by atoms with E-state index in [9.17, 15) is 4.79 Å². The van der Waals surface area contributed by atoms with Crippen molar-refractivity contribution in [2.75, 3.05) is 6.54 Å². The van der Waals surface area contributed by atoms with Crippen molar-refractivity contribution >= 4 is 27.5 Å². The second-order valence-corrected chi connectivity index (χ2v) is 9.16. The Kier molecular flexibility index (Phi) is 3.15. The van der Waals surface area contributed by atoms with Crippen molar-refractivity contribution in [2.24, 2.45) is 10.8 Å². The molecule has 4 rings (SSSR count). The van der Waals surface area contributed by atoms with Gasteiger partial charge in [-0.25, -0.2) is 9.50 Å². The van der Waals surface area contributed by atoms with Crippen LogP contribution in [0.3, 0.4) is 0 Å². The third-order valence-electron chi connectivity index (χ3n) is 5.23. The lowest BCUT2D eigenvalue weighted by atomic mass is 9.65. The minimum Gasteiger partial charge on any atom is -0.335 e. The zero-order chi connectivity index (χ0) is 16.4. The van der Waals surface area contributed by atoms with Crippen LogP contribution in [0, 0.1) is 10.8 Å². The van der Waals surface area contributed by atoms with E-state index in [0.717, 1.165) is 23.9 Å². The highest BCUT2D eigenvalue weighted by atomic mass is 79.9. The number of rotatable bonds is 1. The van der Waals surface area contributed by atoms with Gasteiger partial charge in [-0.05, 0) is 46.0 Å². The highest BCUT2D eigenvalue weighted by Crippen LogP contribution is 2.52. The largest absolute Gasteiger partial charge is 0.335 e. The molecule has 1 amide bonds. The smallest absolute Gasteiger partial charge is 0.259 e. The SMILES string of the molecule is CC1(C)C[C@@H]2C[C@@](C)(CN2C(=O)c2cnn3cc(Br)cnc23)C1. The number of carbonyl (C=O) groups is 1. The Balaban J connectivity index is 1.69. The molecular weight excluding hydrogens is 356 g/mol. The third kappa shape index (κ3) is 2.47. The fourth-order valence-electron chi connectivity index (χ4n) is 4.85. The molecule has 0 spiro atoms. The summed E-state index contributed by atoms with van der Waals surface area (Å²) >= 11 is 3.38. The van der Waals surface area contributed by atoms with Crippen LogP contribution in [0.2, 0.25) is 0 Å². The van der Waals surface area contributed by atoms with E-state index in [1.807, 2.05) is 6.20 Å². The summed E-state index contributed by atoms with van der Waals surface area (Å²) in [7, 11) is 0. The molecule has 1 saturated heterocycles. The summed E-state index contributed by atoms with van der Waals surface area (Å²) in [5, 5.41) is 4.28. The van der Waals surface area contributed by atoms with E-state index < -0.39 is 0 Å². The second-order valence-electron chi connectivity index (χ2n) is 8.25. The van der Waals surface area contributed by atoms with Crippen LogP contribution in [-0.2, 0) is 0 Å². The minimum absolute atomic E-state index is 0.0706. The summed E-state index contributed by atoms with van der Waals surface area (Å²) in [5.74, 6) is 0.0706. The van der Waals surface area contributed by atoms with Crippen LogP contribution in [0.4, 0.5) is 0 Å². The van der Waals surface area contributed by atoms with Gasteiger partial charge in [0.2, 0.25) is 0 Å².